The lowest BCUT2D eigenvalue weighted by Crippen LogP contribution is -1.98. The molecule has 2 aromatic heterocycles. The van der Waals surface area contributed by atoms with Crippen LogP contribution in [0.15, 0.2) is 78.9 Å². The Morgan fingerprint density at radius 2 is 1.58 bits per heavy atom. The van der Waals surface area contributed by atoms with Crippen LogP contribution in [0.2, 0.25) is 0 Å². The molecule has 2 heterocycles. The summed E-state index contributed by atoms with van der Waals surface area (Å²) in [6.45, 7) is 0. The Hall–Kier alpha value is -3.26. The topological polar surface area (TPSA) is 20.7 Å². The van der Waals surface area contributed by atoms with E-state index in [1.54, 1.807) is 0 Å². The Labute approximate surface area is 151 Å². The van der Waals surface area contributed by atoms with Gasteiger partial charge in [-0.15, -0.1) is 0 Å². The zero-order valence-corrected chi connectivity index (χ0v) is 14.4. The first-order valence-electron chi connectivity index (χ1n) is 9.20. The van der Waals surface area contributed by atoms with Crippen molar-refractivity contribution in [2.45, 2.75) is 12.8 Å². The molecule has 26 heavy (non-hydrogen) atoms. The summed E-state index contributed by atoms with van der Waals surface area (Å²) in [5.41, 5.74) is 6.37. The number of nitrogens with one attached hydrogen (secondary N) is 1. The van der Waals surface area contributed by atoms with Crippen molar-refractivity contribution >= 4 is 49.3 Å². The molecule has 0 radical (unpaired) electrons. The SMILES string of the molecule is C1=CCCC(n2c3ccccc3c3cc4[nH]c5ccccc5c4cc32)=C1. The fourth-order valence-corrected chi connectivity index (χ4v) is 4.40. The highest BCUT2D eigenvalue weighted by Crippen LogP contribution is 2.37. The van der Waals surface area contributed by atoms with Crippen LogP contribution in [-0.4, -0.2) is 9.55 Å². The first-order chi connectivity index (χ1) is 12.9. The fourth-order valence-electron chi connectivity index (χ4n) is 4.40. The standard InChI is InChI=1S/C24H18N2/c1-2-8-16(9-3-1)26-23-13-7-5-11-18(23)20-14-22-19(15-24(20)26)17-10-4-6-12-21(17)25-22/h1-2,4-8,10-15,25H,3,9H2. The molecule has 0 aliphatic heterocycles. The minimum atomic E-state index is 1.08. The van der Waals surface area contributed by atoms with Crippen molar-refractivity contribution in [1.29, 1.82) is 0 Å². The van der Waals surface area contributed by atoms with Gasteiger partial charge >= 0.3 is 0 Å². The minimum absolute atomic E-state index is 1.08. The molecule has 0 saturated heterocycles. The summed E-state index contributed by atoms with van der Waals surface area (Å²) in [5.74, 6) is 0. The Kier molecular flexibility index (Phi) is 2.75. The number of benzene rings is 3. The lowest BCUT2D eigenvalue weighted by Gasteiger charge is -2.13. The molecule has 5 aromatic rings. The van der Waals surface area contributed by atoms with Gasteiger partial charge in [0.05, 0.1) is 11.0 Å². The average Bonchev–Trinajstić information content (AvgIpc) is 3.22. The smallest absolute Gasteiger partial charge is 0.0545 e. The lowest BCUT2D eigenvalue weighted by atomic mass is 10.1. The monoisotopic (exact) mass is 334 g/mol. The Bertz CT molecular complexity index is 1380. The van der Waals surface area contributed by atoms with Crippen molar-refractivity contribution in [1.82, 2.24) is 9.55 Å². The number of hydrogen-bond donors (Lipinski definition) is 1. The van der Waals surface area contributed by atoms with Crippen LogP contribution in [0.25, 0.3) is 49.3 Å². The van der Waals surface area contributed by atoms with E-state index in [1.165, 1.54) is 49.3 Å². The van der Waals surface area contributed by atoms with Crippen molar-refractivity contribution in [3.8, 4) is 0 Å². The number of hydrogen-bond acceptors (Lipinski definition) is 0. The number of para-hydroxylation sites is 2. The molecule has 1 N–H and O–H groups in total. The zero-order chi connectivity index (χ0) is 17.1. The van der Waals surface area contributed by atoms with Crippen molar-refractivity contribution in [2.75, 3.05) is 0 Å². The van der Waals surface area contributed by atoms with Gasteiger partial charge in [0.2, 0.25) is 0 Å². The minimum Gasteiger partial charge on any atom is -0.354 e. The van der Waals surface area contributed by atoms with Gasteiger partial charge in [-0.2, -0.15) is 0 Å². The largest absolute Gasteiger partial charge is 0.354 e. The van der Waals surface area contributed by atoms with Gasteiger partial charge in [0, 0.05) is 38.3 Å². The number of aromatic amines is 1. The maximum absolute atomic E-state index is 3.59. The molecule has 1 aliphatic carbocycles. The normalized spacial score (nSPS) is 14.7. The summed E-state index contributed by atoms with van der Waals surface area (Å²) < 4.78 is 2.45. The summed E-state index contributed by atoms with van der Waals surface area (Å²) in [5, 5.41) is 5.22. The summed E-state index contributed by atoms with van der Waals surface area (Å²) in [7, 11) is 0. The molecule has 2 heteroatoms. The zero-order valence-electron chi connectivity index (χ0n) is 14.4. The van der Waals surface area contributed by atoms with E-state index < -0.39 is 0 Å². The molecule has 0 bridgehead atoms. The van der Waals surface area contributed by atoms with Gasteiger partial charge in [0.15, 0.2) is 0 Å². The average molecular weight is 334 g/mol. The predicted molar refractivity (Wildman–Crippen MR) is 111 cm³/mol. The molecule has 3 aromatic carbocycles. The van der Waals surface area contributed by atoms with Crippen molar-refractivity contribution in [3.63, 3.8) is 0 Å². The second-order valence-corrected chi connectivity index (χ2v) is 7.06. The quantitative estimate of drug-likeness (QED) is 0.355. The number of fused-ring (bicyclic) bond motifs is 6. The van der Waals surface area contributed by atoms with E-state index in [4.69, 9.17) is 0 Å². The van der Waals surface area contributed by atoms with Crippen LogP contribution in [0.4, 0.5) is 0 Å². The number of aromatic nitrogens is 2. The molecule has 0 unspecified atom stereocenters. The Morgan fingerprint density at radius 3 is 2.46 bits per heavy atom. The highest BCUT2D eigenvalue weighted by molar-refractivity contribution is 6.18. The Balaban J connectivity index is 1.82. The van der Waals surface area contributed by atoms with E-state index in [0.29, 0.717) is 0 Å². The van der Waals surface area contributed by atoms with Crippen molar-refractivity contribution < 1.29 is 0 Å². The van der Waals surface area contributed by atoms with Crippen LogP contribution in [0.1, 0.15) is 12.8 Å². The number of H-pyrrole nitrogens is 1. The fraction of sp³-hybridized carbons (Fsp3) is 0.0833. The molecule has 0 saturated carbocycles. The van der Waals surface area contributed by atoms with Gasteiger partial charge in [-0.05, 0) is 43.2 Å². The van der Waals surface area contributed by atoms with E-state index in [0.717, 1.165) is 12.8 Å². The molecule has 124 valence electrons. The van der Waals surface area contributed by atoms with Crippen molar-refractivity contribution in [2.24, 2.45) is 0 Å². The predicted octanol–water partition coefficient (Wildman–Crippen LogP) is 6.62. The highest BCUT2D eigenvalue weighted by Gasteiger charge is 2.16. The van der Waals surface area contributed by atoms with E-state index >= 15 is 0 Å². The van der Waals surface area contributed by atoms with E-state index in [9.17, 15) is 0 Å². The van der Waals surface area contributed by atoms with Crippen LogP contribution >= 0.6 is 0 Å². The van der Waals surface area contributed by atoms with Gasteiger partial charge in [-0.3, -0.25) is 0 Å². The molecule has 0 fully saturated rings. The molecule has 2 nitrogen and oxygen atoms in total. The van der Waals surface area contributed by atoms with E-state index in [-0.39, 0.29) is 0 Å². The van der Waals surface area contributed by atoms with Gasteiger partial charge in [0.25, 0.3) is 0 Å². The number of rotatable bonds is 1. The first kappa shape index (κ1) is 14.0. The number of allylic oxidation sites excluding steroid dienone is 4. The summed E-state index contributed by atoms with van der Waals surface area (Å²) in [6.07, 6.45) is 8.87. The van der Waals surface area contributed by atoms with E-state index in [2.05, 4.69) is 88.4 Å². The summed E-state index contributed by atoms with van der Waals surface area (Å²) >= 11 is 0. The molecule has 0 spiro atoms. The third-order valence-corrected chi connectivity index (χ3v) is 5.58. The van der Waals surface area contributed by atoms with Crippen LogP contribution in [0.5, 0.6) is 0 Å². The van der Waals surface area contributed by atoms with Crippen LogP contribution in [0.3, 0.4) is 0 Å². The Morgan fingerprint density at radius 1 is 0.731 bits per heavy atom. The molecular formula is C24H18N2. The first-order valence-corrected chi connectivity index (χ1v) is 9.20. The van der Waals surface area contributed by atoms with Gasteiger partial charge in [0.1, 0.15) is 0 Å². The van der Waals surface area contributed by atoms with E-state index in [1.807, 2.05) is 0 Å². The van der Waals surface area contributed by atoms with Crippen molar-refractivity contribution in [3.05, 3.63) is 78.9 Å². The summed E-state index contributed by atoms with van der Waals surface area (Å²) in [6, 6.07) is 22.0. The van der Waals surface area contributed by atoms with Crippen LogP contribution in [0, 0.1) is 0 Å². The lowest BCUT2D eigenvalue weighted by molar-refractivity contribution is 0.979. The third-order valence-electron chi connectivity index (χ3n) is 5.58. The molecule has 0 atom stereocenters. The maximum Gasteiger partial charge on any atom is 0.0545 e. The van der Waals surface area contributed by atoms with Gasteiger partial charge in [-0.1, -0.05) is 48.6 Å². The second kappa shape index (κ2) is 5.12. The molecule has 1 aliphatic rings. The van der Waals surface area contributed by atoms with Gasteiger partial charge in [-0.25, -0.2) is 0 Å². The summed E-state index contributed by atoms with van der Waals surface area (Å²) in [4.78, 5) is 3.59. The third kappa shape index (κ3) is 1.81. The second-order valence-electron chi connectivity index (χ2n) is 7.06. The highest BCUT2D eigenvalue weighted by atomic mass is 15.0. The molecule has 0 amide bonds. The maximum atomic E-state index is 3.59. The van der Waals surface area contributed by atoms with Crippen LogP contribution in [-0.2, 0) is 0 Å². The van der Waals surface area contributed by atoms with Gasteiger partial charge < -0.3 is 9.55 Å². The molecule has 6 rings (SSSR count). The van der Waals surface area contributed by atoms with Crippen LogP contribution < -0.4 is 0 Å². The number of nitrogens with zero attached hydrogens (tertiary/aromatic N) is 1. The molecular weight excluding hydrogens is 316 g/mol.